The molecule has 0 saturated carbocycles. The fourth-order valence-electron chi connectivity index (χ4n) is 2.20. The number of nitrogens with zero attached hydrogens (tertiary/aromatic N) is 2. The summed E-state index contributed by atoms with van der Waals surface area (Å²) in [5.41, 5.74) is 1.94. The lowest BCUT2D eigenvalue weighted by Gasteiger charge is -2.24. The number of thioether (sulfide) groups is 1. The molecule has 1 atom stereocenters. The number of carbonyl (C=O) groups is 1. The van der Waals surface area contributed by atoms with Gasteiger partial charge in [0.05, 0.1) is 10.9 Å². The van der Waals surface area contributed by atoms with Crippen LogP contribution in [0.3, 0.4) is 0 Å². The quantitative estimate of drug-likeness (QED) is 0.668. The van der Waals surface area contributed by atoms with Gasteiger partial charge in [0.2, 0.25) is 5.91 Å². The number of rotatable bonds is 5. The number of amides is 1. The van der Waals surface area contributed by atoms with Crippen LogP contribution in [0.25, 0.3) is 11.3 Å². The first kappa shape index (κ1) is 18.3. The topological polar surface area (TPSA) is 66.1 Å². The van der Waals surface area contributed by atoms with Gasteiger partial charge in [-0.05, 0) is 27.7 Å². The van der Waals surface area contributed by atoms with Gasteiger partial charge < -0.3 is 9.88 Å². The number of benzene rings is 1. The zero-order valence-electron chi connectivity index (χ0n) is 14.7. The molecule has 1 N–H and O–H groups in total. The van der Waals surface area contributed by atoms with Crippen molar-refractivity contribution in [3.8, 4) is 11.3 Å². The molecule has 0 aliphatic heterocycles. The Bertz CT molecular complexity index is 772. The summed E-state index contributed by atoms with van der Waals surface area (Å²) in [4.78, 5) is 33.6. The normalized spacial score (nSPS) is 12.2. The highest BCUT2D eigenvalue weighted by molar-refractivity contribution is 8.00. The molecule has 0 radical (unpaired) electrons. The van der Waals surface area contributed by atoms with E-state index in [0.717, 1.165) is 5.56 Å². The zero-order valence-corrected chi connectivity index (χ0v) is 15.5. The van der Waals surface area contributed by atoms with Crippen LogP contribution < -0.4 is 5.56 Å². The predicted octanol–water partition coefficient (Wildman–Crippen LogP) is 3.09. The molecule has 0 unspecified atom stereocenters. The Morgan fingerprint density at radius 3 is 2.42 bits per heavy atom. The third-order valence-electron chi connectivity index (χ3n) is 3.94. The van der Waals surface area contributed by atoms with E-state index in [9.17, 15) is 9.59 Å². The fourth-order valence-corrected chi connectivity index (χ4v) is 3.10. The SMILES string of the molecule is Cc1c(-c2ccccc2)nc(S[C@@H](C)C(=O)N(C)C(C)C)[nH]c1=O. The number of aromatic amines is 1. The molecule has 0 bridgehead atoms. The zero-order chi connectivity index (χ0) is 17.9. The molecule has 5 nitrogen and oxygen atoms in total. The highest BCUT2D eigenvalue weighted by atomic mass is 32.2. The summed E-state index contributed by atoms with van der Waals surface area (Å²) in [5, 5.41) is 0.134. The Hall–Kier alpha value is -2.08. The first-order valence-electron chi connectivity index (χ1n) is 7.91. The van der Waals surface area contributed by atoms with Crippen LogP contribution in [0.4, 0.5) is 0 Å². The van der Waals surface area contributed by atoms with E-state index in [2.05, 4.69) is 9.97 Å². The average Bonchev–Trinajstić information content (AvgIpc) is 2.57. The highest BCUT2D eigenvalue weighted by Crippen LogP contribution is 2.25. The molecular formula is C18H23N3O2S. The van der Waals surface area contributed by atoms with Crippen molar-refractivity contribution in [1.82, 2.24) is 14.9 Å². The lowest BCUT2D eigenvalue weighted by Crippen LogP contribution is -2.38. The van der Waals surface area contributed by atoms with Gasteiger partial charge in [-0.15, -0.1) is 0 Å². The molecule has 0 fully saturated rings. The minimum absolute atomic E-state index is 0.0134. The fraction of sp³-hybridized carbons (Fsp3) is 0.389. The summed E-state index contributed by atoms with van der Waals surface area (Å²) < 4.78 is 0. The molecule has 0 saturated heterocycles. The molecular weight excluding hydrogens is 322 g/mol. The number of carbonyl (C=O) groups excluding carboxylic acids is 1. The molecule has 0 spiro atoms. The second-order valence-electron chi connectivity index (χ2n) is 6.01. The van der Waals surface area contributed by atoms with Gasteiger partial charge >= 0.3 is 0 Å². The molecule has 2 rings (SSSR count). The number of H-pyrrole nitrogens is 1. The Morgan fingerprint density at radius 2 is 1.83 bits per heavy atom. The van der Waals surface area contributed by atoms with Crippen molar-refractivity contribution >= 4 is 17.7 Å². The van der Waals surface area contributed by atoms with Crippen LogP contribution >= 0.6 is 11.8 Å². The Labute approximate surface area is 146 Å². The third-order valence-corrected chi connectivity index (χ3v) is 4.91. The van der Waals surface area contributed by atoms with E-state index in [-0.39, 0.29) is 22.8 Å². The van der Waals surface area contributed by atoms with Gasteiger partial charge in [0.15, 0.2) is 5.16 Å². The van der Waals surface area contributed by atoms with Crippen LogP contribution in [0.15, 0.2) is 40.3 Å². The number of hydrogen-bond donors (Lipinski definition) is 1. The number of nitrogens with one attached hydrogen (secondary N) is 1. The van der Waals surface area contributed by atoms with E-state index < -0.39 is 0 Å². The molecule has 2 aromatic rings. The number of hydrogen-bond acceptors (Lipinski definition) is 4. The van der Waals surface area contributed by atoms with Gasteiger partial charge in [-0.3, -0.25) is 9.59 Å². The van der Waals surface area contributed by atoms with Crippen molar-refractivity contribution in [2.24, 2.45) is 0 Å². The summed E-state index contributed by atoms with van der Waals surface area (Å²) in [6.45, 7) is 7.52. The lowest BCUT2D eigenvalue weighted by molar-refractivity contribution is -0.130. The first-order chi connectivity index (χ1) is 11.3. The van der Waals surface area contributed by atoms with Gasteiger partial charge in [0.1, 0.15) is 0 Å². The summed E-state index contributed by atoms with van der Waals surface area (Å²) in [7, 11) is 1.78. The van der Waals surface area contributed by atoms with E-state index in [0.29, 0.717) is 16.4 Å². The van der Waals surface area contributed by atoms with Gasteiger partial charge in [-0.25, -0.2) is 4.98 Å². The van der Waals surface area contributed by atoms with Gasteiger partial charge in [-0.1, -0.05) is 42.1 Å². The smallest absolute Gasteiger partial charge is 0.255 e. The molecule has 1 amide bonds. The van der Waals surface area contributed by atoms with E-state index >= 15 is 0 Å². The predicted molar refractivity (Wildman–Crippen MR) is 98.3 cm³/mol. The van der Waals surface area contributed by atoms with Crippen molar-refractivity contribution < 1.29 is 4.79 Å². The second kappa shape index (κ2) is 7.66. The molecule has 128 valence electrons. The van der Waals surface area contributed by atoms with Crippen molar-refractivity contribution in [3.63, 3.8) is 0 Å². The van der Waals surface area contributed by atoms with Crippen molar-refractivity contribution in [2.45, 2.75) is 44.1 Å². The monoisotopic (exact) mass is 345 g/mol. The Kier molecular flexibility index (Phi) is 5.83. The maximum Gasteiger partial charge on any atom is 0.255 e. The van der Waals surface area contributed by atoms with Gasteiger partial charge in [-0.2, -0.15) is 0 Å². The average molecular weight is 345 g/mol. The van der Waals surface area contributed by atoms with E-state index in [1.54, 1.807) is 18.9 Å². The second-order valence-corrected chi connectivity index (χ2v) is 7.34. The van der Waals surface area contributed by atoms with Gasteiger partial charge in [0, 0.05) is 24.2 Å². The van der Waals surface area contributed by atoms with Crippen LogP contribution in [0, 0.1) is 6.92 Å². The molecule has 0 aliphatic carbocycles. The van der Waals surface area contributed by atoms with Crippen molar-refractivity contribution in [2.75, 3.05) is 7.05 Å². The van der Waals surface area contributed by atoms with Crippen LogP contribution in [-0.2, 0) is 4.79 Å². The minimum Gasteiger partial charge on any atom is -0.342 e. The maximum atomic E-state index is 12.4. The largest absolute Gasteiger partial charge is 0.342 e. The molecule has 0 aliphatic rings. The van der Waals surface area contributed by atoms with Gasteiger partial charge in [0.25, 0.3) is 5.56 Å². The van der Waals surface area contributed by atoms with E-state index in [1.165, 1.54) is 11.8 Å². The minimum atomic E-state index is -0.327. The summed E-state index contributed by atoms with van der Waals surface area (Å²) in [6.07, 6.45) is 0. The summed E-state index contributed by atoms with van der Waals surface area (Å²) >= 11 is 1.27. The maximum absolute atomic E-state index is 12.4. The molecule has 1 heterocycles. The van der Waals surface area contributed by atoms with E-state index in [4.69, 9.17) is 0 Å². The molecule has 1 aromatic heterocycles. The van der Waals surface area contributed by atoms with Crippen molar-refractivity contribution in [3.05, 3.63) is 46.2 Å². The van der Waals surface area contributed by atoms with Crippen LogP contribution in [-0.4, -0.2) is 39.1 Å². The van der Waals surface area contributed by atoms with Crippen LogP contribution in [0.2, 0.25) is 0 Å². The standard InChI is InChI=1S/C18H23N3O2S/c1-11(2)21(5)17(23)13(4)24-18-19-15(12(3)16(22)20-18)14-9-7-6-8-10-14/h6-11,13H,1-5H3,(H,19,20,22)/t13-/m0/s1. The van der Waals surface area contributed by atoms with E-state index in [1.807, 2.05) is 51.1 Å². The van der Waals surface area contributed by atoms with Crippen molar-refractivity contribution in [1.29, 1.82) is 0 Å². The summed E-state index contributed by atoms with van der Waals surface area (Å²) in [6, 6.07) is 9.71. The number of aromatic nitrogens is 2. The highest BCUT2D eigenvalue weighted by Gasteiger charge is 2.22. The Balaban J connectivity index is 2.31. The third kappa shape index (κ3) is 4.06. The molecule has 24 heavy (non-hydrogen) atoms. The lowest BCUT2D eigenvalue weighted by atomic mass is 10.1. The van der Waals surface area contributed by atoms with Crippen LogP contribution in [0.5, 0.6) is 0 Å². The molecule has 1 aromatic carbocycles. The van der Waals surface area contributed by atoms with Crippen LogP contribution in [0.1, 0.15) is 26.3 Å². The summed E-state index contributed by atoms with van der Waals surface area (Å²) in [5.74, 6) is 0.0134. The Morgan fingerprint density at radius 1 is 1.21 bits per heavy atom. The first-order valence-corrected chi connectivity index (χ1v) is 8.79. The molecule has 6 heteroatoms.